The van der Waals surface area contributed by atoms with E-state index in [1.165, 1.54) is 11.3 Å². The van der Waals surface area contributed by atoms with Gasteiger partial charge in [-0.1, -0.05) is 35.6 Å². The van der Waals surface area contributed by atoms with Crippen molar-refractivity contribution >= 4 is 22.5 Å². The molecule has 116 valence electrons. The highest BCUT2D eigenvalue weighted by atomic mass is 32.1. The second kappa shape index (κ2) is 6.85. The number of rotatable bonds is 3. The first kappa shape index (κ1) is 14.9. The molecule has 1 unspecified atom stereocenters. The van der Waals surface area contributed by atoms with Gasteiger partial charge >= 0.3 is 6.03 Å². The van der Waals surface area contributed by atoms with Crippen LogP contribution in [0.2, 0.25) is 0 Å². The van der Waals surface area contributed by atoms with E-state index in [0.29, 0.717) is 5.13 Å². The summed E-state index contributed by atoms with van der Waals surface area (Å²) in [6.45, 7) is 3.88. The number of piperidine rings is 1. The lowest BCUT2D eigenvalue weighted by molar-refractivity contribution is 0.245. The number of aromatic nitrogens is 2. The number of nitrogens with one attached hydrogen (secondary N) is 3. The van der Waals surface area contributed by atoms with Crippen molar-refractivity contribution in [1.29, 1.82) is 0 Å². The van der Waals surface area contributed by atoms with E-state index in [0.717, 1.165) is 42.1 Å². The number of hydrogen-bond donors (Lipinski definition) is 3. The van der Waals surface area contributed by atoms with Crippen molar-refractivity contribution < 1.29 is 4.79 Å². The number of aryl methyl sites for hydroxylation is 1. The molecule has 6 nitrogen and oxygen atoms in total. The summed E-state index contributed by atoms with van der Waals surface area (Å²) in [6, 6.07) is 7.96. The Morgan fingerprint density at radius 1 is 1.36 bits per heavy atom. The Labute approximate surface area is 133 Å². The van der Waals surface area contributed by atoms with Crippen molar-refractivity contribution in [3.8, 4) is 10.6 Å². The minimum Gasteiger partial charge on any atom is -0.334 e. The van der Waals surface area contributed by atoms with Gasteiger partial charge in [-0.25, -0.2) is 4.79 Å². The molecule has 1 aromatic carbocycles. The molecule has 0 bridgehead atoms. The van der Waals surface area contributed by atoms with Gasteiger partial charge in [-0.15, -0.1) is 10.2 Å². The Balaban J connectivity index is 1.62. The van der Waals surface area contributed by atoms with Crippen molar-refractivity contribution in [2.75, 3.05) is 18.4 Å². The predicted octanol–water partition coefficient (Wildman–Crippen LogP) is 2.39. The Hall–Kier alpha value is -1.99. The Morgan fingerprint density at radius 2 is 2.23 bits per heavy atom. The highest BCUT2D eigenvalue weighted by Crippen LogP contribution is 2.28. The Morgan fingerprint density at radius 3 is 3.00 bits per heavy atom. The van der Waals surface area contributed by atoms with Gasteiger partial charge in [0.1, 0.15) is 5.01 Å². The molecule has 1 saturated heterocycles. The third-order valence-electron chi connectivity index (χ3n) is 3.65. The van der Waals surface area contributed by atoms with E-state index in [2.05, 4.69) is 26.1 Å². The van der Waals surface area contributed by atoms with Crippen LogP contribution in [0.15, 0.2) is 24.3 Å². The molecular weight excluding hydrogens is 298 g/mol. The average Bonchev–Trinajstić information content (AvgIpc) is 2.97. The number of hydrogen-bond acceptors (Lipinski definition) is 5. The normalized spacial score (nSPS) is 18.0. The van der Waals surface area contributed by atoms with E-state index in [-0.39, 0.29) is 12.1 Å². The molecule has 2 aromatic rings. The summed E-state index contributed by atoms with van der Waals surface area (Å²) in [7, 11) is 0. The number of carbonyl (C=O) groups is 1. The first-order valence-corrected chi connectivity index (χ1v) is 8.22. The van der Waals surface area contributed by atoms with Crippen LogP contribution in [0.4, 0.5) is 9.93 Å². The molecule has 22 heavy (non-hydrogen) atoms. The molecule has 0 radical (unpaired) electrons. The average molecular weight is 317 g/mol. The first-order chi connectivity index (χ1) is 10.7. The van der Waals surface area contributed by atoms with Gasteiger partial charge in [0.2, 0.25) is 5.13 Å². The molecule has 1 aliphatic rings. The summed E-state index contributed by atoms with van der Waals surface area (Å²) in [5.41, 5.74) is 2.19. The minimum atomic E-state index is -0.221. The lowest BCUT2D eigenvalue weighted by Gasteiger charge is -2.23. The van der Waals surface area contributed by atoms with Crippen molar-refractivity contribution in [3.63, 3.8) is 0 Å². The summed E-state index contributed by atoms with van der Waals surface area (Å²) < 4.78 is 0. The fourth-order valence-corrected chi connectivity index (χ4v) is 3.32. The number of carbonyl (C=O) groups excluding carboxylic acids is 1. The topological polar surface area (TPSA) is 78.9 Å². The lowest BCUT2D eigenvalue weighted by Crippen LogP contribution is -2.47. The van der Waals surface area contributed by atoms with Gasteiger partial charge in [0.25, 0.3) is 0 Å². The van der Waals surface area contributed by atoms with E-state index >= 15 is 0 Å². The molecule has 1 aliphatic heterocycles. The van der Waals surface area contributed by atoms with Gasteiger partial charge in [0.05, 0.1) is 0 Å². The van der Waals surface area contributed by atoms with Gasteiger partial charge in [0, 0.05) is 18.2 Å². The zero-order valence-corrected chi connectivity index (χ0v) is 13.2. The molecule has 2 heterocycles. The Bertz CT molecular complexity index is 651. The van der Waals surface area contributed by atoms with Crippen LogP contribution < -0.4 is 16.0 Å². The van der Waals surface area contributed by atoms with Crippen LogP contribution in [0.25, 0.3) is 10.6 Å². The zero-order valence-electron chi connectivity index (χ0n) is 12.4. The monoisotopic (exact) mass is 317 g/mol. The molecule has 0 saturated carbocycles. The fraction of sp³-hybridized carbons (Fsp3) is 0.400. The van der Waals surface area contributed by atoms with Crippen LogP contribution in [-0.2, 0) is 0 Å². The van der Waals surface area contributed by atoms with Gasteiger partial charge in [0.15, 0.2) is 0 Å². The Kier molecular flexibility index (Phi) is 4.65. The fourth-order valence-electron chi connectivity index (χ4n) is 2.49. The minimum absolute atomic E-state index is 0.178. The van der Waals surface area contributed by atoms with Crippen molar-refractivity contribution in [2.24, 2.45) is 0 Å². The standard InChI is InChI=1S/C15H19N5OS/c1-10-5-2-3-7-12(10)13-19-20-15(22-13)18-14(21)17-11-6-4-8-16-9-11/h2-3,5,7,11,16H,4,6,8-9H2,1H3,(H2,17,18,20,21). The van der Waals surface area contributed by atoms with Crippen LogP contribution in [-0.4, -0.2) is 35.4 Å². The number of amides is 2. The van der Waals surface area contributed by atoms with Crippen LogP contribution >= 0.6 is 11.3 Å². The zero-order chi connectivity index (χ0) is 15.4. The SMILES string of the molecule is Cc1ccccc1-c1nnc(NC(=O)NC2CCCNC2)s1. The van der Waals surface area contributed by atoms with Crippen LogP contribution in [0.5, 0.6) is 0 Å². The first-order valence-electron chi connectivity index (χ1n) is 7.40. The second-order valence-corrected chi connectivity index (χ2v) is 6.35. The summed E-state index contributed by atoms with van der Waals surface area (Å²) >= 11 is 1.38. The molecule has 7 heteroatoms. The maximum atomic E-state index is 12.0. The third kappa shape index (κ3) is 3.61. The summed E-state index contributed by atoms with van der Waals surface area (Å²) in [5, 5.41) is 18.5. The smallest absolute Gasteiger partial charge is 0.321 e. The molecule has 0 spiro atoms. The molecule has 1 fully saturated rings. The van der Waals surface area contributed by atoms with E-state index in [4.69, 9.17) is 0 Å². The molecule has 3 N–H and O–H groups in total. The molecular formula is C15H19N5OS. The number of anilines is 1. The predicted molar refractivity (Wildman–Crippen MR) is 88.1 cm³/mol. The molecule has 3 rings (SSSR count). The van der Waals surface area contributed by atoms with E-state index in [1.54, 1.807) is 0 Å². The number of nitrogens with zero attached hydrogens (tertiary/aromatic N) is 2. The van der Waals surface area contributed by atoms with Crippen molar-refractivity contribution in [1.82, 2.24) is 20.8 Å². The quantitative estimate of drug-likeness (QED) is 0.812. The highest BCUT2D eigenvalue weighted by molar-refractivity contribution is 7.18. The van der Waals surface area contributed by atoms with E-state index in [9.17, 15) is 4.79 Å². The summed E-state index contributed by atoms with van der Waals surface area (Å²) in [5.74, 6) is 0. The third-order valence-corrected chi connectivity index (χ3v) is 4.53. The van der Waals surface area contributed by atoms with Gasteiger partial charge in [-0.2, -0.15) is 0 Å². The maximum absolute atomic E-state index is 12.0. The highest BCUT2D eigenvalue weighted by Gasteiger charge is 2.16. The van der Waals surface area contributed by atoms with Gasteiger partial charge < -0.3 is 10.6 Å². The van der Waals surface area contributed by atoms with Crippen molar-refractivity contribution in [2.45, 2.75) is 25.8 Å². The van der Waals surface area contributed by atoms with Crippen LogP contribution in [0.1, 0.15) is 18.4 Å². The summed E-state index contributed by atoms with van der Waals surface area (Å²) in [4.78, 5) is 12.0. The number of urea groups is 1. The molecule has 2 amide bonds. The van der Waals surface area contributed by atoms with Crippen LogP contribution in [0.3, 0.4) is 0 Å². The molecule has 1 aromatic heterocycles. The van der Waals surface area contributed by atoms with Crippen molar-refractivity contribution in [3.05, 3.63) is 29.8 Å². The van der Waals surface area contributed by atoms with E-state index < -0.39 is 0 Å². The maximum Gasteiger partial charge on any atom is 0.321 e. The largest absolute Gasteiger partial charge is 0.334 e. The van der Waals surface area contributed by atoms with Gasteiger partial charge in [-0.05, 0) is 31.9 Å². The summed E-state index contributed by atoms with van der Waals surface area (Å²) in [6.07, 6.45) is 2.09. The molecule has 1 atom stereocenters. The molecule has 0 aliphatic carbocycles. The number of benzene rings is 1. The van der Waals surface area contributed by atoms with E-state index in [1.807, 2.05) is 31.2 Å². The van der Waals surface area contributed by atoms with Gasteiger partial charge in [-0.3, -0.25) is 5.32 Å². The van der Waals surface area contributed by atoms with Crippen LogP contribution in [0, 0.1) is 6.92 Å². The lowest BCUT2D eigenvalue weighted by atomic mass is 10.1. The second-order valence-electron chi connectivity index (χ2n) is 5.37.